The summed E-state index contributed by atoms with van der Waals surface area (Å²) in [6, 6.07) is 14.4. The minimum absolute atomic E-state index is 0.331. The molecule has 0 aliphatic rings. The maximum absolute atomic E-state index is 12.7. The zero-order valence-corrected chi connectivity index (χ0v) is 13.9. The van der Waals surface area contributed by atoms with Crippen LogP contribution >= 0.6 is 11.6 Å². The number of benzene rings is 2. The van der Waals surface area contributed by atoms with E-state index >= 15 is 0 Å². The fraction of sp³-hybridized carbons (Fsp3) is 0.0588. The average Bonchev–Trinajstić information content (AvgIpc) is 2.55. The highest BCUT2D eigenvalue weighted by molar-refractivity contribution is 7.90. The Morgan fingerprint density at radius 2 is 1.75 bits per heavy atom. The largest absolute Gasteiger partial charge is 0.478 e. The number of carbonyl (C=O) groups is 1. The Balaban J connectivity index is 2.13. The molecule has 0 radical (unpaired) electrons. The number of rotatable bonds is 4. The third-order valence-electron chi connectivity index (χ3n) is 3.48. The molecule has 0 saturated carbocycles. The first kappa shape index (κ1) is 16.4. The molecule has 0 fully saturated rings. The van der Waals surface area contributed by atoms with E-state index in [-0.39, 0.29) is 11.3 Å². The number of halogens is 1. The third-order valence-corrected chi connectivity index (χ3v) is 5.35. The molecule has 0 saturated heterocycles. The van der Waals surface area contributed by atoms with Gasteiger partial charge in [-0.25, -0.2) is 18.2 Å². The second-order valence-corrected chi connectivity index (χ2v) is 7.57. The Morgan fingerprint density at radius 3 is 2.42 bits per heavy atom. The minimum Gasteiger partial charge on any atom is -0.478 e. The molecule has 0 aliphatic heterocycles. The zero-order chi connectivity index (χ0) is 17.3. The van der Waals surface area contributed by atoms with E-state index in [1.54, 1.807) is 48.5 Å². The molecule has 3 aromatic rings. The molecule has 122 valence electrons. The first-order chi connectivity index (χ1) is 11.4. The second-order valence-electron chi connectivity index (χ2n) is 5.22. The number of sulfone groups is 1. The fourth-order valence-corrected chi connectivity index (χ4v) is 3.97. The van der Waals surface area contributed by atoms with Crippen LogP contribution in [0.2, 0.25) is 5.02 Å². The molecular weight excluding hydrogens is 350 g/mol. The minimum atomic E-state index is -3.93. The highest BCUT2D eigenvalue weighted by Gasteiger charge is 2.25. The van der Waals surface area contributed by atoms with Gasteiger partial charge in [0.1, 0.15) is 0 Å². The van der Waals surface area contributed by atoms with Crippen LogP contribution in [0.1, 0.15) is 15.9 Å². The van der Waals surface area contributed by atoms with E-state index in [0.29, 0.717) is 21.5 Å². The summed E-state index contributed by atoms with van der Waals surface area (Å²) in [5.74, 6) is -1.68. The molecule has 1 aromatic heterocycles. The monoisotopic (exact) mass is 361 g/mol. The van der Waals surface area contributed by atoms with Gasteiger partial charge in [0.25, 0.3) is 0 Å². The van der Waals surface area contributed by atoms with Crippen LogP contribution < -0.4 is 0 Å². The summed E-state index contributed by atoms with van der Waals surface area (Å²) in [5, 5.41) is 10.0. The van der Waals surface area contributed by atoms with Crippen molar-refractivity contribution in [2.45, 2.75) is 10.8 Å². The van der Waals surface area contributed by atoms with Crippen LogP contribution in [0.25, 0.3) is 10.9 Å². The lowest BCUT2D eigenvalue weighted by molar-refractivity contribution is 0.0692. The van der Waals surface area contributed by atoms with Gasteiger partial charge in [0, 0.05) is 10.4 Å². The maximum atomic E-state index is 12.7. The lowest BCUT2D eigenvalue weighted by Crippen LogP contribution is -2.13. The van der Waals surface area contributed by atoms with Crippen LogP contribution in [0.3, 0.4) is 0 Å². The molecule has 3 rings (SSSR count). The van der Waals surface area contributed by atoms with Crippen molar-refractivity contribution in [2.75, 3.05) is 0 Å². The van der Waals surface area contributed by atoms with Crippen molar-refractivity contribution in [2.24, 2.45) is 0 Å². The number of pyridine rings is 1. The summed E-state index contributed by atoms with van der Waals surface area (Å²) < 4.78 is 25.4. The van der Waals surface area contributed by atoms with E-state index in [4.69, 9.17) is 11.6 Å². The third kappa shape index (κ3) is 3.25. The molecule has 2 aromatic carbocycles. The van der Waals surface area contributed by atoms with Gasteiger partial charge in [0.15, 0.2) is 5.03 Å². The number of aromatic carboxylic acids is 1. The highest BCUT2D eigenvalue weighted by atomic mass is 35.5. The normalized spacial score (nSPS) is 11.5. The number of hydrogen-bond acceptors (Lipinski definition) is 4. The standard InChI is InChI=1S/C17H12ClNO4S/c18-13-7-5-11(6-8-13)10-24(22,23)16-14(17(20)21)9-12-3-1-2-4-15(12)19-16/h1-9H,10H2,(H,20,21). The van der Waals surface area contributed by atoms with E-state index in [2.05, 4.69) is 4.98 Å². The van der Waals surface area contributed by atoms with Gasteiger partial charge in [-0.05, 0) is 29.8 Å². The van der Waals surface area contributed by atoms with Crippen LogP contribution in [0.4, 0.5) is 0 Å². The van der Waals surface area contributed by atoms with Crippen molar-refractivity contribution in [3.8, 4) is 0 Å². The first-order valence-electron chi connectivity index (χ1n) is 6.97. The lowest BCUT2D eigenvalue weighted by Gasteiger charge is -2.09. The SMILES string of the molecule is O=C(O)c1cc2ccccc2nc1S(=O)(=O)Cc1ccc(Cl)cc1. The highest BCUT2D eigenvalue weighted by Crippen LogP contribution is 2.24. The van der Waals surface area contributed by atoms with Gasteiger partial charge in [0.05, 0.1) is 16.8 Å². The van der Waals surface area contributed by atoms with Crippen molar-refractivity contribution < 1.29 is 18.3 Å². The summed E-state index contributed by atoms with van der Waals surface area (Å²) in [4.78, 5) is 15.6. The molecule has 0 unspecified atom stereocenters. The number of carboxylic acids is 1. The van der Waals surface area contributed by atoms with E-state index in [9.17, 15) is 18.3 Å². The summed E-state index contributed by atoms with van der Waals surface area (Å²) in [6.07, 6.45) is 0. The van der Waals surface area contributed by atoms with E-state index < -0.39 is 20.8 Å². The topological polar surface area (TPSA) is 84.3 Å². The number of nitrogens with zero attached hydrogens (tertiary/aromatic N) is 1. The molecule has 0 aliphatic carbocycles. The van der Waals surface area contributed by atoms with Gasteiger partial charge in [-0.1, -0.05) is 41.9 Å². The van der Waals surface area contributed by atoms with Crippen molar-refractivity contribution in [3.05, 3.63) is 70.7 Å². The molecule has 1 heterocycles. The Kier molecular flexibility index (Phi) is 4.26. The molecule has 1 N–H and O–H groups in total. The van der Waals surface area contributed by atoms with Gasteiger partial charge >= 0.3 is 5.97 Å². The van der Waals surface area contributed by atoms with Gasteiger partial charge < -0.3 is 5.11 Å². The van der Waals surface area contributed by atoms with Crippen LogP contribution in [0.15, 0.2) is 59.6 Å². The Hall–Kier alpha value is -2.44. The van der Waals surface area contributed by atoms with Gasteiger partial charge in [-0.2, -0.15) is 0 Å². The Labute approximate surface area is 143 Å². The van der Waals surface area contributed by atoms with Gasteiger partial charge in [0.2, 0.25) is 9.84 Å². The average molecular weight is 362 g/mol. The maximum Gasteiger partial charge on any atom is 0.338 e. The molecule has 0 atom stereocenters. The van der Waals surface area contributed by atoms with E-state index in [0.717, 1.165) is 0 Å². The van der Waals surface area contributed by atoms with E-state index in [1.807, 2.05) is 0 Å². The molecule has 0 bridgehead atoms. The molecule has 24 heavy (non-hydrogen) atoms. The second kappa shape index (κ2) is 6.22. The molecular formula is C17H12ClNO4S. The number of carboxylic acid groups (broad SMARTS) is 1. The fourth-order valence-electron chi connectivity index (χ4n) is 2.36. The van der Waals surface area contributed by atoms with Crippen LogP contribution in [-0.4, -0.2) is 24.5 Å². The zero-order valence-electron chi connectivity index (χ0n) is 12.3. The number of fused-ring (bicyclic) bond motifs is 1. The summed E-state index contributed by atoms with van der Waals surface area (Å²) in [6.45, 7) is 0. The van der Waals surface area contributed by atoms with Crippen molar-refractivity contribution in [3.63, 3.8) is 0 Å². The lowest BCUT2D eigenvalue weighted by atomic mass is 10.1. The Bertz CT molecular complexity index is 1030. The number of hydrogen-bond donors (Lipinski definition) is 1. The summed E-state index contributed by atoms with van der Waals surface area (Å²) in [5.41, 5.74) is 0.602. The van der Waals surface area contributed by atoms with Gasteiger partial charge in [-0.3, -0.25) is 0 Å². The van der Waals surface area contributed by atoms with E-state index in [1.165, 1.54) is 6.07 Å². The van der Waals surface area contributed by atoms with Crippen LogP contribution in [0, 0.1) is 0 Å². The molecule has 7 heteroatoms. The smallest absolute Gasteiger partial charge is 0.338 e. The van der Waals surface area contributed by atoms with Crippen molar-refractivity contribution >= 4 is 38.3 Å². The predicted molar refractivity (Wildman–Crippen MR) is 91.0 cm³/mol. The molecule has 0 spiro atoms. The predicted octanol–water partition coefficient (Wildman–Crippen LogP) is 3.56. The quantitative estimate of drug-likeness (QED) is 0.768. The first-order valence-corrected chi connectivity index (χ1v) is 9.00. The van der Waals surface area contributed by atoms with Crippen LogP contribution in [-0.2, 0) is 15.6 Å². The van der Waals surface area contributed by atoms with Gasteiger partial charge in [-0.15, -0.1) is 0 Å². The number of aromatic nitrogens is 1. The molecule has 5 nitrogen and oxygen atoms in total. The molecule has 0 amide bonds. The summed E-state index contributed by atoms with van der Waals surface area (Å²) in [7, 11) is -3.93. The Morgan fingerprint density at radius 1 is 1.08 bits per heavy atom. The van der Waals surface area contributed by atoms with Crippen molar-refractivity contribution in [1.29, 1.82) is 0 Å². The van der Waals surface area contributed by atoms with Crippen molar-refractivity contribution in [1.82, 2.24) is 4.98 Å². The number of para-hydroxylation sites is 1. The summed E-state index contributed by atoms with van der Waals surface area (Å²) >= 11 is 5.79. The van der Waals surface area contributed by atoms with Crippen LogP contribution in [0.5, 0.6) is 0 Å².